The van der Waals surface area contributed by atoms with E-state index >= 15 is 0 Å². The van der Waals surface area contributed by atoms with Crippen molar-refractivity contribution in [1.29, 1.82) is 0 Å². The van der Waals surface area contributed by atoms with E-state index in [4.69, 9.17) is 10.5 Å². The monoisotopic (exact) mass is 650 g/mol. The van der Waals surface area contributed by atoms with Crippen molar-refractivity contribution in [2.24, 2.45) is 0 Å². The van der Waals surface area contributed by atoms with Crippen LogP contribution in [0.25, 0.3) is 0 Å². The highest BCUT2D eigenvalue weighted by molar-refractivity contribution is 7.91. The first-order chi connectivity index (χ1) is 22.5. The zero-order valence-electron chi connectivity index (χ0n) is 25.0. The Labute approximate surface area is 270 Å². The minimum Gasteiger partial charge on any atom is -0.410 e. The number of sulfone groups is 1. The number of carbonyl (C=O) groups excluding carboxylic acids is 3. The van der Waals surface area contributed by atoms with Crippen LogP contribution in [0.2, 0.25) is 0 Å². The highest BCUT2D eigenvalue weighted by Gasteiger charge is 2.18. The molecule has 47 heavy (non-hydrogen) atoms. The van der Waals surface area contributed by atoms with Crippen molar-refractivity contribution in [2.75, 3.05) is 32.3 Å². The van der Waals surface area contributed by atoms with Crippen LogP contribution in [0.4, 0.5) is 48.5 Å². The molecule has 0 heterocycles. The van der Waals surface area contributed by atoms with Gasteiger partial charge in [-0.25, -0.2) is 22.8 Å². The van der Waals surface area contributed by atoms with Crippen LogP contribution in [0.5, 0.6) is 5.75 Å². The van der Waals surface area contributed by atoms with Crippen molar-refractivity contribution >= 4 is 62.1 Å². The molecular formula is C34H30N6O6S. The molecular weight excluding hydrogens is 620 g/mol. The Morgan fingerprint density at radius 3 is 1.62 bits per heavy atom. The van der Waals surface area contributed by atoms with Gasteiger partial charge in [0.1, 0.15) is 5.75 Å². The van der Waals surface area contributed by atoms with Crippen molar-refractivity contribution < 1.29 is 27.5 Å². The summed E-state index contributed by atoms with van der Waals surface area (Å²) in [4.78, 5) is 37.2. The Morgan fingerprint density at radius 2 is 1.06 bits per heavy atom. The molecule has 5 amide bonds. The van der Waals surface area contributed by atoms with E-state index in [9.17, 15) is 22.8 Å². The van der Waals surface area contributed by atoms with Crippen LogP contribution in [0, 0.1) is 6.92 Å². The second-order valence-electron chi connectivity index (χ2n) is 10.3. The standard InChI is InChI=1S/C34H30N6O6S/c1-22-18-23(35)20-28(19-22)39-33(42)37-25-12-16-31(17-13-25)47(44,45)30-14-10-24(11-15-30)36-32(41)38-26-6-5-7-27(21-26)40-34(43)46-29-8-3-2-4-9-29/h2-21H,35H2,1H3,(H,40,43)(H2,36,38,41)(H2,37,39,42). The maximum atomic E-state index is 13.2. The number of para-hydroxylation sites is 1. The molecule has 0 aliphatic carbocycles. The summed E-state index contributed by atoms with van der Waals surface area (Å²) in [6, 6.07) is 30.5. The molecule has 0 unspecified atom stereocenters. The quantitative estimate of drug-likeness (QED) is 0.0952. The number of nitrogens with two attached hydrogens (primary N) is 1. The van der Waals surface area contributed by atoms with E-state index in [1.165, 1.54) is 48.5 Å². The molecule has 0 saturated heterocycles. The number of benzene rings is 5. The summed E-state index contributed by atoms with van der Waals surface area (Å²) in [5.74, 6) is 0.384. The second kappa shape index (κ2) is 14.2. The molecule has 5 aromatic carbocycles. The Bertz CT molecular complexity index is 2000. The highest BCUT2D eigenvalue weighted by Crippen LogP contribution is 2.25. The molecule has 0 aromatic heterocycles. The average molecular weight is 651 g/mol. The van der Waals surface area contributed by atoms with Crippen LogP contribution in [0.15, 0.2) is 131 Å². The number of amides is 5. The average Bonchev–Trinajstić information content (AvgIpc) is 3.01. The third-order valence-corrected chi connectivity index (χ3v) is 8.31. The second-order valence-corrected chi connectivity index (χ2v) is 12.2. The third-order valence-electron chi connectivity index (χ3n) is 6.52. The Kier molecular flexibility index (Phi) is 9.67. The Balaban J connectivity index is 1.14. The lowest BCUT2D eigenvalue weighted by Crippen LogP contribution is -2.20. The lowest BCUT2D eigenvalue weighted by Gasteiger charge is -2.11. The van der Waals surface area contributed by atoms with E-state index in [0.717, 1.165) is 5.56 Å². The maximum Gasteiger partial charge on any atom is 0.417 e. The molecule has 238 valence electrons. The Morgan fingerprint density at radius 1 is 0.553 bits per heavy atom. The molecule has 0 radical (unpaired) electrons. The summed E-state index contributed by atoms with van der Waals surface area (Å²) in [6.45, 7) is 1.86. The van der Waals surface area contributed by atoms with E-state index in [-0.39, 0.29) is 9.79 Å². The van der Waals surface area contributed by atoms with E-state index < -0.39 is 28.0 Å². The zero-order valence-corrected chi connectivity index (χ0v) is 25.8. The van der Waals surface area contributed by atoms with Crippen molar-refractivity contribution in [3.8, 4) is 5.75 Å². The number of anilines is 6. The molecule has 0 aliphatic rings. The summed E-state index contributed by atoms with van der Waals surface area (Å²) in [6.07, 6.45) is -0.687. The predicted molar refractivity (Wildman–Crippen MR) is 182 cm³/mol. The molecule has 0 atom stereocenters. The summed E-state index contributed by atoms with van der Waals surface area (Å²) >= 11 is 0. The van der Waals surface area contributed by atoms with Gasteiger partial charge in [-0.2, -0.15) is 0 Å². The molecule has 0 bridgehead atoms. The normalized spacial score (nSPS) is 10.7. The number of rotatable bonds is 8. The molecule has 12 nitrogen and oxygen atoms in total. The van der Waals surface area contributed by atoms with Gasteiger partial charge < -0.3 is 31.7 Å². The molecule has 0 aliphatic heterocycles. The van der Waals surface area contributed by atoms with E-state index in [0.29, 0.717) is 39.9 Å². The molecule has 0 fully saturated rings. The van der Waals surface area contributed by atoms with Gasteiger partial charge >= 0.3 is 18.2 Å². The van der Waals surface area contributed by atoms with Gasteiger partial charge in [0.25, 0.3) is 0 Å². The van der Waals surface area contributed by atoms with Crippen LogP contribution in [0.3, 0.4) is 0 Å². The van der Waals surface area contributed by atoms with Crippen LogP contribution in [-0.4, -0.2) is 26.6 Å². The number of carbonyl (C=O) groups is 3. The lowest BCUT2D eigenvalue weighted by molar-refractivity contribution is 0.215. The highest BCUT2D eigenvalue weighted by atomic mass is 32.2. The number of aryl methyl sites for hydroxylation is 1. The maximum absolute atomic E-state index is 13.2. The minimum atomic E-state index is -3.89. The van der Waals surface area contributed by atoms with Gasteiger partial charge in [0, 0.05) is 34.1 Å². The van der Waals surface area contributed by atoms with E-state index in [1.807, 2.05) is 6.92 Å². The zero-order chi connectivity index (χ0) is 33.4. The lowest BCUT2D eigenvalue weighted by atomic mass is 10.2. The number of hydrogen-bond acceptors (Lipinski definition) is 7. The van der Waals surface area contributed by atoms with Gasteiger partial charge in [-0.15, -0.1) is 0 Å². The van der Waals surface area contributed by atoms with E-state index in [2.05, 4.69) is 26.6 Å². The van der Waals surface area contributed by atoms with Crippen LogP contribution in [0.1, 0.15) is 5.56 Å². The molecule has 5 aromatic rings. The van der Waals surface area contributed by atoms with Gasteiger partial charge in [-0.1, -0.05) is 24.3 Å². The SMILES string of the molecule is Cc1cc(N)cc(NC(=O)Nc2ccc(S(=O)(=O)c3ccc(NC(=O)Nc4cccc(NC(=O)Oc5ccccc5)c4)cc3)cc2)c1. The molecule has 0 saturated carbocycles. The number of nitrogens with one attached hydrogen (secondary N) is 5. The molecule has 7 N–H and O–H groups in total. The van der Waals surface area contributed by atoms with Crippen LogP contribution < -0.4 is 37.1 Å². The first-order valence-electron chi connectivity index (χ1n) is 14.2. The van der Waals surface area contributed by atoms with Gasteiger partial charge in [0.15, 0.2) is 0 Å². The summed E-state index contributed by atoms with van der Waals surface area (Å²) in [7, 11) is -3.89. The predicted octanol–water partition coefficient (Wildman–Crippen LogP) is 7.31. The van der Waals surface area contributed by atoms with Crippen LogP contribution in [-0.2, 0) is 9.84 Å². The van der Waals surface area contributed by atoms with Crippen molar-refractivity contribution in [3.63, 3.8) is 0 Å². The number of ether oxygens (including phenoxy) is 1. The largest absolute Gasteiger partial charge is 0.417 e. The first-order valence-corrected chi connectivity index (χ1v) is 15.6. The first kappa shape index (κ1) is 32.1. The fourth-order valence-electron chi connectivity index (χ4n) is 4.46. The molecule has 13 heteroatoms. The van der Waals surface area contributed by atoms with E-state index in [1.54, 1.807) is 72.8 Å². The number of hydrogen-bond donors (Lipinski definition) is 6. The third kappa shape index (κ3) is 8.86. The van der Waals surface area contributed by atoms with Gasteiger partial charge in [0.05, 0.1) is 9.79 Å². The molecule has 0 spiro atoms. The Hall–Kier alpha value is -6.34. The minimum absolute atomic E-state index is 0.0140. The molecule has 5 rings (SSSR count). The van der Waals surface area contributed by atoms with Crippen molar-refractivity contribution in [1.82, 2.24) is 0 Å². The van der Waals surface area contributed by atoms with Crippen molar-refractivity contribution in [3.05, 3.63) is 127 Å². The van der Waals surface area contributed by atoms with Gasteiger partial charge in [-0.3, -0.25) is 5.32 Å². The smallest absolute Gasteiger partial charge is 0.410 e. The fourth-order valence-corrected chi connectivity index (χ4v) is 5.72. The fraction of sp³-hybridized carbons (Fsp3) is 0.0294. The number of nitrogen functional groups attached to an aromatic ring is 1. The van der Waals surface area contributed by atoms with Crippen LogP contribution >= 0.6 is 0 Å². The van der Waals surface area contributed by atoms with Gasteiger partial charge in [0.2, 0.25) is 9.84 Å². The van der Waals surface area contributed by atoms with Gasteiger partial charge in [-0.05, 0) is 110 Å². The summed E-state index contributed by atoms with van der Waals surface area (Å²) < 4.78 is 31.6. The number of urea groups is 2. The van der Waals surface area contributed by atoms with Crippen molar-refractivity contribution in [2.45, 2.75) is 16.7 Å². The topological polar surface area (TPSA) is 181 Å². The summed E-state index contributed by atoms with van der Waals surface area (Å²) in [5.41, 5.74) is 9.29. The summed E-state index contributed by atoms with van der Waals surface area (Å²) in [5, 5.41) is 13.2.